The van der Waals surface area contributed by atoms with Crippen LogP contribution in [0.1, 0.15) is 0 Å². The summed E-state index contributed by atoms with van der Waals surface area (Å²) in [5, 5.41) is 1.25. The molecule has 0 saturated heterocycles. The first-order valence-corrected chi connectivity index (χ1v) is 0.309. The molecule has 0 fully saturated rings. The third-order valence-electron chi connectivity index (χ3n) is 0. The van der Waals surface area contributed by atoms with Crippen LogP contribution in [0.3, 0.4) is 0 Å². The van der Waals surface area contributed by atoms with Gasteiger partial charge >= 0.3 is 0 Å². The van der Waals surface area contributed by atoms with Gasteiger partial charge in [-0.1, -0.05) is 0 Å². The van der Waals surface area contributed by atoms with E-state index in [0.29, 0.717) is 0 Å². The number of rotatable bonds is 0. The summed E-state index contributed by atoms with van der Waals surface area (Å²) in [4.78, 5) is 0. The van der Waals surface area contributed by atoms with E-state index in [4.69, 9.17) is 9.05 Å². The van der Waals surface area contributed by atoms with E-state index in [1.54, 1.807) is 0 Å². The molecule has 4 heavy (non-hydrogen) atoms. The molecule has 0 bridgehead atoms. The minimum Gasteiger partial charge on any atom is -0.0104 e. The predicted octanol–water partition coefficient (Wildman–Crippen LogP) is 0.391. The van der Waals surface area contributed by atoms with Crippen molar-refractivity contribution in [1.29, 1.82) is 0 Å². The zero-order valence-electron chi connectivity index (χ0n) is 1.66. The molecule has 24 valence electrons. The van der Waals surface area contributed by atoms with Crippen molar-refractivity contribution in [3.63, 3.8) is 0 Å². The van der Waals surface area contributed by atoms with Crippen LogP contribution in [0, 0.1) is 0 Å². The van der Waals surface area contributed by atoms with Crippen molar-refractivity contribution in [2.24, 2.45) is 0 Å². The van der Waals surface area contributed by atoms with Gasteiger partial charge in [0.2, 0.25) is 0 Å². The molecule has 0 aromatic heterocycles. The summed E-state index contributed by atoms with van der Waals surface area (Å²) in [5.41, 5.74) is 0. The van der Waals surface area contributed by atoms with Crippen molar-refractivity contribution in [3.05, 3.63) is 0 Å². The van der Waals surface area contributed by atoms with Gasteiger partial charge < -0.3 is 0 Å². The summed E-state index contributed by atoms with van der Waals surface area (Å²) in [6, 6.07) is 0. The largest absolute Gasteiger partial charge is 0.0209 e. The summed E-state index contributed by atoms with van der Waals surface area (Å²) in [6.45, 7) is 0. The van der Waals surface area contributed by atoms with Crippen LogP contribution in [-0.2, 0) is 5.15 Å². The summed E-state index contributed by atoms with van der Waals surface area (Å²) in [5.74, 6) is 0. The van der Waals surface area contributed by atoms with Crippen molar-refractivity contribution in [2.45, 2.75) is 0 Å². The number of hydrogen-bond acceptors (Lipinski definition) is 1. The second kappa shape index (κ2) is 9.47. The molecule has 4 radical (unpaired) electrons. The molecule has 0 N–H and O–H groups in total. The van der Waals surface area contributed by atoms with E-state index in [1.165, 1.54) is 5.15 Å². The van der Waals surface area contributed by atoms with Crippen LogP contribution in [0.4, 0.5) is 9.05 Å². The standard InChI is InChI=1S/F2O.Sn/c1-3-2;. The molecule has 0 amide bonds. The van der Waals surface area contributed by atoms with Gasteiger partial charge in [0.1, 0.15) is 0 Å². The van der Waals surface area contributed by atoms with E-state index in [1.807, 2.05) is 0 Å². The molecule has 0 aromatic carbocycles. The van der Waals surface area contributed by atoms with E-state index >= 15 is 0 Å². The Bertz CT molecular complexity index is 6.00. The van der Waals surface area contributed by atoms with Crippen LogP contribution < -0.4 is 0 Å². The third kappa shape index (κ3) is 17.9. The maximum absolute atomic E-state index is 9.12. The summed E-state index contributed by atoms with van der Waals surface area (Å²) >= 11 is 0. The molecule has 4 heteroatoms. The maximum atomic E-state index is 9.12. The van der Waals surface area contributed by atoms with E-state index < -0.39 is 0 Å². The Morgan fingerprint density at radius 2 is 1.25 bits per heavy atom. The van der Waals surface area contributed by atoms with Crippen molar-refractivity contribution in [2.75, 3.05) is 0 Å². The number of halogens is 2. The average Bonchev–Trinajstić information content (AvgIpc) is 0.918. The molecule has 1 nitrogen and oxygen atoms in total. The molecular weight excluding hydrogens is 173 g/mol. The Hall–Kier alpha value is 0.619. The van der Waals surface area contributed by atoms with Gasteiger partial charge in [-0.15, -0.1) is 0 Å². The quantitative estimate of drug-likeness (QED) is 0.481. The smallest absolute Gasteiger partial charge is 0.0104 e. The Morgan fingerprint density at radius 3 is 1.25 bits per heavy atom. The van der Waals surface area contributed by atoms with E-state index in [2.05, 4.69) is 0 Å². The van der Waals surface area contributed by atoms with Crippen LogP contribution in [0.2, 0.25) is 0 Å². The van der Waals surface area contributed by atoms with Gasteiger partial charge in [0.25, 0.3) is 0 Å². The van der Waals surface area contributed by atoms with Gasteiger partial charge in [-0.05, 0) is 9.05 Å². The van der Waals surface area contributed by atoms with E-state index in [-0.39, 0.29) is 23.9 Å². The van der Waals surface area contributed by atoms with Gasteiger partial charge in [0, 0.05) is 29.1 Å². The van der Waals surface area contributed by atoms with Gasteiger partial charge in [-0.3, -0.25) is 0 Å². The topological polar surface area (TPSA) is 9.23 Å². The second-order valence-corrected chi connectivity index (χ2v) is 0.0583. The SMILES string of the molecule is FOF.[Sn]. The van der Waals surface area contributed by atoms with E-state index in [9.17, 15) is 0 Å². The fourth-order valence-electron chi connectivity index (χ4n) is 0. The first-order chi connectivity index (χ1) is 1.41. The summed E-state index contributed by atoms with van der Waals surface area (Å²) in [6.07, 6.45) is 0. The molecule has 0 aliphatic carbocycles. The normalized spacial score (nSPS) is 4.50. The van der Waals surface area contributed by atoms with Crippen LogP contribution in [0.25, 0.3) is 0 Å². The van der Waals surface area contributed by atoms with Crippen LogP contribution in [-0.4, -0.2) is 23.9 Å². The van der Waals surface area contributed by atoms with Crippen molar-refractivity contribution in [3.8, 4) is 0 Å². The fraction of sp³-hybridized carbons (Fsp3) is 0. The Morgan fingerprint density at radius 1 is 1.25 bits per heavy atom. The van der Waals surface area contributed by atoms with Crippen molar-refractivity contribution in [1.82, 2.24) is 0 Å². The molecule has 0 saturated carbocycles. The zero-order chi connectivity index (χ0) is 2.71. The minimum absolute atomic E-state index is 0. The Kier molecular flexibility index (Phi) is 20.9. The summed E-state index contributed by atoms with van der Waals surface area (Å²) < 4.78 is 18.2. The molecular formula is F2OSn. The third-order valence-corrected chi connectivity index (χ3v) is 0. The monoisotopic (exact) mass is 174 g/mol. The molecule has 0 aromatic rings. The van der Waals surface area contributed by atoms with Crippen LogP contribution >= 0.6 is 0 Å². The van der Waals surface area contributed by atoms with Gasteiger partial charge in [-0.2, -0.15) is 0 Å². The Labute approximate surface area is 38.7 Å². The second-order valence-electron chi connectivity index (χ2n) is 0.0583. The maximum Gasteiger partial charge on any atom is 0.0209 e. The zero-order valence-corrected chi connectivity index (χ0v) is 4.52. The van der Waals surface area contributed by atoms with E-state index in [0.717, 1.165) is 0 Å². The van der Waals surface area contributed by atoms with Crippen LogP contribution in [0.5, 0.6) is 0 Å². The fourth-order valence-corrected chi connectivity index (χ4v) is 0. The van der Waals surface area contributed by atoms with Crippen molar-refractivity contribution >= 4 is 23.9 Å². The van der Waals surface area contributed by atoms with Crippen LogP contribution in [0.15, 0.2) is 0 Å². The number of hydrogen-bond donors (Lipinski definition) is 0. The van der Waals surface area contributed by atoms with Gasteiger partial charge in [-0.25, -0.2) is 0 Å². The van der Waals surface area contributed by atoms with Gasteiger partial charge in [0.15, 0.2) is 0 Å². The molecule has 0 unspecified atom stereocenters. The molecule has 0 spiro atoms. The average molecular weight is 173 g/mol. The molecule has 0 heterocycles. The first-order valence-electron chi connectivity index (χ1n) is 0.309. The predicted molar refractivity (Wildman–Crippen MR) is 9.05 cm³/mol. The summed E-state index contributed by atoms with van der Waals surface area (Å²) in [7, 11) is 0. The molecule has 0 aliphatic heterocycles. The molecule has 0 atom stereocenters. The molecule has 0 rings (SSSR count). The molecule has 0 aliphatic rings. The van der Waals surface area contributed by atoms with Crippen molar-refractivity contribution < 1.29 is 14.2 Å². The van der Waals surface area contributed by atoms with Gasteiger partial charge in [0.05, 0.1) is 0 Å². The Balaban J connectivity index is 0. The minimum atomic E-state index is 0. The first kappa shape index (κ1) is 8.82.